The molecule has 0 aromatic heterocycles. The summed E-state index contributed by atoms with van der Waals surface area (Å²) in [4.78, 5) is 12.1. The van der Waals surface area contributed by atoms with E-state index in [1.165, 1.54) is 295 Å². The molecule has 0 fully saturated rings. The van der Waals surface area contributed by atoms with Crippen LogP contribution in [0.25, 0.3) is 0 Å². The molecule has 0 bridgehead atoms. The summed E-state index contributed by atoms with van der Waals surface area (Å²) in [5, 5.41) is 0. The van der Waals surface area contributed by atoms with Crippen LogP contribution in [0.4, 0.5) is 0 Å². The van der Waals surface area contributed by atoms with Crippen LogP contribution in [0.2, 0.25) is 0 Å². The van der Waals surface area contributed by atoms with Crippen LogP contribution in [-0.2, 0) is 9.53 Å². The number of hydrogen-bond acceptors (Lipinski definition) is 2. The second kappa shape index (κ2) is 51.5. The third kappa shape index (κ3) is 51.5. The van der Waals surface area contributed by atoms with Crippen molar-refractivity contribution in [1.82, 2.24) is 0 Å². The molecule has 0 heterocycles. The lowest BCUT2D eigenvalue weighted by molar-refractivity contribution is -0.143. The van der Waals surface area contributed by atoms with E-state index in [4.69, 9.17) is 4.74 Å². The lowest BCUT2D eigenvalue weighted by Gasteiger charge is -2.06. The highest BCUT2D eigenvalue weighted by molar-refractivity contribution is 5.69. The first-order chi connectivity index (χ1) is 27.3. The van der Waals surface area contributed by atoms with E-state index in [9.17, 15) is 4.79 Å². The number of esters is 1. The first-order valence-corrected chi connectivity index (χ1v) is 26.5. The van der Waals surface area contributed by atoms with Crippen LogP contribution in [0.5, 0.6) is 0 Å². The molecular formula is C53H106O2. The van der Waals surface area contributed by atoms with Crippen molar-refractivity contribution < 1.29 is 9.53 Å². The Kier molecular flexibility index (Phi) is 51.0. The zero-order valence-electron chi connectivity index (χ0n) is 38.7. The Balaban J connectivity index is 3.13. The molecule has 0 radical (unpaired) electrons. The molecule has 55 heavy (non-hydrogen) atoms. The van der Waals surface area contributed by atoms with Gasteiger partial charge in [-0.1, -0.05) is 309 Å². The molecule has 0 aliphatic carbocycles. The second-order valence-electron chi connectivity index (χ2n) is 18.2. The Hall–Kier alpha value is -0.530. The number of hydrogen-bond donors (Lipinski definition) is 0. The van der Waals surface area contributed by atoms with E-state index in [0.717, 1.165) is 12.8 Å². The first-order valence-electron chi connectivity index (χ1n) is 26.5. The molecule has 0 N–H and O–H groups in total. The Morgan fingerprint density at radius 2 is 0.400 bits per heavy atom. The Labute approximate surface area is 349 Å². The topological polar surface area (TPSA) is 26.3 Å². The van der Waals surface area contributed by atoms with Crippen molar-refractivity contribution in [3.8, 4) is 0 Å². The van der Waals surface area contributed by atoms with Gasteiger partial charge < -0.3 is 4.74 Å². The molecule has 0 saturated carbocycles. The van der Waals surface area contributed by atoms with Gasteiger partial charge in [-0.15, -0.1) is 0 Å². The molecule has 0 aliphatic heterocycles. The van der Waals surface area contributed by atoms with E-state index < -0.39 is 0 Å². The summed E-state index contributed by atoms with van der Waals surface area (Å²) in [6.45, 7) is 5.24. The van der Waals surface area contributed by atoms with Gasteiger partial charge in [0.25, 0.3) is 0 Å². The van der Waals surface area contributed by atoms with Crippen molar-refractivity contribution in [3.05, 3.63) is 0 Å². The van der Waals surface area contributed by atoms with Gasteiger partial charge in [0, 0.05) is 6.42 Å². The average molecular weight is 775 g/mol. The minimum absolute atomic E-state index is 0.0342. The zero-order valence-corrected chi connectivity index (χ0v) is 38.7. The van der Waals surface area contributed by atoms with Crippen molar-refractivity contribution in [2.24, 2.45) is 0 Å². The highest BCUT2D eigenvalue weighted by Gasteiger charge is 2.03. The largest absolute Gasteiger partial charge is 0.466 e. The summed E-state index contributed by atoms with van der Waals surface area (Å²) in [5.74, 6) is 0.0342. The molecule has 0 aromatic carbocycles. The molecule has 0 unspecified atom stereocenters. The molecule has 0 rings (SSSR count). The highest BCUT2D eigenvalue weighted by atomic mass is 16.5. The van der Waals surface area contributed by atoms with Gasteiger partial charge in [-0.2, -0.15) is 0 Å². The Morgan fingerprint density at radius 3 is 0.600 bits per heavy atom. The third-order valence-corrected chi connectivity index (χ3v) is 12.5. The van der Waals surface area contributed by atoms with Crippen LogP contribution in [0.1, 0.15) is 328 Å². The smallest absolute Gasteiger partial charge is 0.305 e. The molecule has 0 aromatic rings. The summed E-state index contributed by atoms with van der Waals surface area (Å²) in [7, 11) is 0. The third-order valence-electron chi connectivity index (χ3n) is 12.5. The van der Waals surface area contributed by atoms with E-state index >= 15 is 0 Å². The van der Waals surface area contributed by atoms with E-state index in [0.29, 0.717) is 13.0 Å². The maximum atomic E-state index is 12.1. The van der Waals surface area contributed by atoms with Crippen molar-refractivity contribution >= 4 is 5.97 Å². The fourth-order valence-electron chi connectivity index (χ4n) is 8.55. The number of rotatable bonds is 50. The van der Waals surface area contributed by atoms with Gasteiger partial charge in [-0.3, -0.25) is 4.79 Å². The van der Waals surface area contributed by atoms with Crippen molar-refractivity contribution in [2.75, 3.05) is 6.61 Å². The van der Waals surface area contributed by atoms with E-state index in [2.05, 4.69) is 13.8 Å². The van der Waals surface area contributed by atoms with Crippen molar-refractivity contribution in [1.29, 1.82) is 0 Å². The average Bonchev–Trinajstić information content (AvgIpc) is 3.19. The molecule has 0 spiro atoms. The fraction of sp³-hybridized carbons (Fsp3) is 0.981. The summed E-state index contributed by atoms with van der Waals surface area (Å²) in [6, 6.07) is 0. The molecule has 2 heteroatoms. The molecular weight excluding hydrogens is 669 g/mol. The van der Waals surface area contributed by atoms with Gasteiger partial charge in [0.15, 0.2) is 0 Å². The van der Waals surface area contributed by atoms with Crippen LogP contribution >= 0.6 is 0 Å². The van der Waals surface area contributed by atoms with Gasteiger partial charge >= 0.3 is 5.97 Å². The maximum Gasteiger partial charge on any atom is 0.305 e. The number of carbonyl (C=O) groups is 1. The standard InChI is InChI=1S/C53H106O2/c1-3-5-7-9-11-13-15-17-19-21-22-23-24-25-26-27-28-29-30-31-32-33-34-35-37-39-41-43-45-47-49-51-53(54)55-52-50-48-46-44-42-40-38-36-20-18-16-14-12-10-8-6-4-2/h3-52H2,1-2H3. The maximum absolute atomic E-state index is 12.1. The predicted octanol–water partition coefficient (Wildman–Crippen LogP) is 19.7. The lowest BCUT2D eigenvalue weighted by atomic mass is 10.0. The van der Waals surface area contributed by atoms with Gasteiger partial charge in [-0.05, 0) is 12.8 Å². The van der Waals surface area contributed by atoms with Crippen molar-refractivity contribution in [2.45, 2.75) is 328 Å². The second-order valence-corrected chi connectivity index (χ2v) is 18.2. The molecule has 330 valence electrons. The van der Waals surface area contributed by atoms with Gasteiger partial charge in [0.05, 0.1) is 6.61 Å². The monoisotopic (exact) mass is 775 g/mol. The van der Waals surface area contributed by atoms with Crippen LogP contribution in [0.3, 0.4) is 0 Å². The summed E-state index contributed by atoms with van der Waals surface area (Å²) in [6.07, 6.45) is 68.3. The van der Waals surface area contributed by atoms with Crippen LogP contribution in [0, 0.1) is 0 Å². The van der Waals surface area contributed by atoms with Crippen LogP contribution in [-0.4, -0.2) is 12.6 Å². The first kappa shape index (κ1) is 54.5. The SMILES string of the molecule is CCCCCCCCCCCCCCCCCCCCCCCCCCCCCCCCCC(=O)OCCCCCCCCCCCCCCCCCCC. The van der Waals surface area contributed by atoms with Gasteiger partial charge in [0.1, 0.15) is 0 Å². The number of ether oxygens (including phenoxy) is 1. The van der Waals surface area contributed by atoms with Gasteiger partial charge in [0.2, 0.25) is 0 Å². The Morgan fingerprint density at radius 1 is 0.236 bits per heavy atom. The highest BCUT2D eigenvalue weighted by Crippen LogP contribution is 2.18. The molecule has 2 nitrogen and oxygen atoms in total. The zero-order chi connectivity index (χ0) is 39.6. The predicted molar refractivity (Wildman–Crippen MR) is 249 cm³/mol. The summed E-state index contributed by atoms with van der Waals surface area (Å²) in [5.41, 5.74) is 0. The van der Waals surface area contributed by atoms with Crippen molar-refractivity contribution in [3.63, 3.8) is 0 Å². The van der Waals surface area contributed by atoms with Crippen LogP contribution in [0.15, 0.2) is 0 Å². The summed E-state index contributed by atoms with van der Waals surface area (Å²) < 4.78 is 5.49. The van der Waals surface area contributed by atoms with E-state index in [1.807, 2.05) is 0 Å². The molecule has 0 aliphatic rings. The van der Waals surface area contributed by atoms with E-state index in [1.54, 1.807) is 0 Å². The number of carbonyl (C=O) groups excluding carboxylic acids is 1. The Bertz CT molecular complexity index is 673. The quantitative estimate of drug-likeness (QED) is 0.0454. The summed E-state index contributed by atoms with van der Waals surface area (Å²) >= 11 is 0. The fourth-order valence-corrected chi connectivity index (χ4v) is 8.55. The van der Waals surface area contributed by atoms with Gasteiger partial charge in [-0.25, -0.2) is 0 Å². The molecule has 0 saturated heterocycles. The van der Waals surface area contributed by atoms with Crippen LogP contribution < -0.4 is 0 Å². The molecule has 0 amide bonds. The minimum Gasteiger partial charge on any atom is -0.466 e. The minimum atomic E-state index is 0.0342. The van der Waals surface area contributed by atoms with E-state index in [-0.39, 0.29) is 5.97 Å². The lowest BCUT2D eigenvalue weighted by Crippen LogP contribution is -2.05. The normalized spacial score (nSPS) is 11.5. The molecule has 0 atom stereocenters. The number of unbranched alkanes of at least 4 members (excludes halogenated alkanes) is 46.